The number of dihydropyridines is 1. The molecule has 0 aromatic carbocycles. The van der Waals surface area contributed by atoms with Crippen molar-refractivity contribution in [1.82, 2.24) is 0 Å². The Morgan fingerprint density at radius 3 is 3.10 bits per heavy atom. The molecule has 0 aromatic heterocycles. The molecule has 2 aliphatic heterocycles. The Bertz CT molecular complexity index is 309. The van der Waals surface area contributed by atoms with Gasteiger partial charge >= 0.3 is 0 Å². The molecule has 0 fully saturated rings. The molecule has 2 heterocycles. The predicted octanol–water partition coefficient (Wildman–Crippen LogP) is 0.765. The van der Waals surface area contributed by atoms with Crippen LogP contribution in [0.15, 0.2) is 27.1 Å². The number of hydrogen-bond donors (Lipinski definition) is 0. The molecule has 0 aromatic rings. The van der Waals surface area contributed by atoms with E-state index in [0.717, 1.165) is 5.71 Å². The average molecular weight is 149 g/mol. The highest BCUT2D eigenvalue weighted by molar-refractivity contribution is 7.80. The number of fused-ring (bicyclic) bond motifs is 1. The van der Waals surface area contributed by atoms with Crippen LogP contribution in [0.1, 0.15) is 0 Å². The van der Waals surface area contributed by atoms with Crippen molar-refractivity contribution < 1.29 is 0 Å². The van der Waals surface area contributed by atoms with Crippen molar-refractivity contribution in [3.8, 4) is 0 Å². The van der Waals surface area contributed by atoms with Gasteiger partial charge in [0, 0.05) is 0 Å². The van der Waals surface area contributed by atoms with Crippen LogP contribution in [-0.4, -0.2) is 22.9 Å². The zero-order valence-electron chi connectivity index (χ0n) is 4.98. The van der Waals surface area contributed by atoms with E-state index in [9.17, 15) is 0 Å². The van der Waals surface area contributed by atoms with Gasteiger partial charge in [-0.2, -0.15) is 0 Å². The quantitative estimate of drug-likeness (QED) is 0.468. The Labute approximate surface area is 62.9 Å². The van der Waals surface area contributed by atoms with Gasteiger partial charge < -0.3 is 0 Å². The van der Waals surface area contributed by atoms with Gasteiger partial charge in [0.15, 0.2) is 5.84 Å². The molecule has 0 radical (unpaired) electrons. The van der Waals surface area contributed by atoms with Gasteiger partial charge in [0.05, 0.1) is 0 Å². The molecule has 0 amide bonds. The molecular weight excluding hydrogens is 146 g/mol. The number of amidine groups is 1. The molecule has 0 N–H and O–H groups in total. The van der Waals surface area contributed by atoms with Crippen LogP contribution in [0.3, 0.4) is 0 Å². The molecule has 2 aliphatic rings. The van der Waals surface area contributed by atoms with Gasteiger partial charge in [-0.15, -0.1) is 0 Å². The van der Waals surface area contributed by atoms with E-state index >= 15 is 0 Å². The molecule has 0 spiro atoms. The summed E-state index contributed by atoms with van der Waals surface area (Å²) in [6.07, 6.45) is 5.04. The SMILES string of the molecule is S=C1C=CC2=NC=NC2=N1. The van der Waals surface area contributed by atoms with Gasteiger partial charge in [0.2, 0.25) is 0 Å². The second-order valence-corrected chi connectivity index (χ2v) is 2.28. The van der Waals surface area contributed by atoms with E-state index in [-0.39, 0.29) is 0 Å². The Morgan fingerprint density at radius 1 is 1.30 bits per heavy atom. The molecule has 0 unspecified atom stereocenters. The van der Waals surface area contributed by atoms with E-state index in [1.807, 2.05) is 6.08 Å². The second kappa shape index (κ2) is 1.91. The molecule has 4 heteroatoms. The first-order valence-corrected chi connectivity index (χ1v) is 3.18. The Balaban J connectivity index is 2.51. The summed E-state index contributed by atoms with van der Waals surface area (Å²) >= 11 is 4.83. The molecule has 10 heavy (non-hydrogen) atoms. The number of thiocarbonyl (C=S) groups is 1. The van der Waals surface area contributed by atoms with Crippen LogP contribution in [0.4, 0.5) is 0 Å². The molecule has 0 bridgehead atoms. The summed E-state index contributed by atoms with van der Waals surface area (Å²) < 4.78 is 0. The first-order valence-electron chi connectivity index (χ1n) is 2.78. The van der Waals surface area contributed by atoms with Crippen molar-refractivity contribution in [2.75, 3.05) is 0 Å². The van der Waals surface area contributed by atoms with Crippen LogP contribution in [-0.2, 0) is 0 Å². The Kier molecular flexibility index (Phi) is 1.07. The smallest absolute Gasteiger partial charge is 0.181 e. The van der Waals surface area contributed by atoms with E-state index < -0.39 is 0 Å². The lowest BCUT2D eigenvalue weighted by atomic mass is 10.3. The maximum atomic E-state index is 4.83. The van der Waals surface area contributed by atoms with Crippen LogP contribution in [0.25, 0.3) is 0 Å². The maximum Gasteiger partial charge on any atom is 0.181 e. The van der Waals surface area contributed by atoms with Crippen molar-refractivity contribution in [3.63, 3.8) is 0 Å². The van der Waals surface area contributed by atoms with Gasteiger partial charge in [0.1, 0.15) is 17.0 Å². The van der Waals surface area contributed by atoms with E-state index in [1.165, 1.54) is 6.34 Å². The number of nitrogens with zero attached hydrogens (tertiary/aromatic N) is 3. The highest BCUT2D eigenvalue weighted by Gasteiger charge is 2.12. The van der Waals surface area contributed by atoms with Crippen molar-refractivity contribution >= 4 is 35.1 Å². The monoisotopic (exact) mass is 149 g/mol. The predicted molar refractivity (Wildman–Crippen MR) is 45.1 cm³/mol. The second-order valence-electron chi connectivity index (χ2n) is 1.87. The zero-order chi connectivity index (χ0) is 6.97. The highest BCUT2D eigenvalue weighted by Crippen LogP contribution is 2.03. The Morgan fingerprint density at radius 2 is 2.20 bits per heavy atom. The van der Waals surface area contributed by atoms with E-state index in [0.29, 0.717) is 10.8 Å². The zero-order valence-corrected chi connectivity index (χ0v) is 5.80. The third kappa shape index (κ3) is 0.733. The number of rotatable bonds is 0. The van der Waals surface area contributed by atoms with Gasteiger partial charge in [-0.1, -0.05) is 12.2 Å². The molecule has 0 saturated carbocycles. The van der Waals surface area contributed by atoms with Crippen LogP contribution in [0.2, 0.25) is 0 Å². The number of hydrogen-bond acceptors (Lipinski definition) is 3. The van der Waals surface area contributed by atoms with E-state index in [2.05, 4.69) is 15.0 Å². The van der Waals surface area contributed by atoms with Crippen molar-refractivity contribution in [1.29, 1.82) is 0 Å². The fourth-order valence-corrected chi connectivity index (χ4v) is 0.920. The summed E-state index contributed by atoms with van der Waals surface area (Å²) in [5.74, 6) is 0.632. The van der Waals surface area contributed by atoms with E-state index in [1.54, 1.807) is 6.08 Å². The summed E-state index contributed by atoms with van der Waals surface area (Å²) in [6.45, 7) is 0. The molecule has 2 rings (SSSR count). The normalized spacial score (nSPS) is 20.6. The summed E-state index contributed by atoms with van der Waals surface area (Å²) in [7, 11) is 0. The minimum Gasteiger partial charge on any atom is -0.233 e. The summed E-state index contributed by atoms with van der Waals surface area (Å²) in [5.41, 5.74) is 0.800. The minimum atomic E-state index is 0.563. The van der Waals surface area contributed by atoms with Gasteiger partial charge in [-0.05, 0) is 12.2 Å². The van der Waals surface area contributed by atoms with Gasteiger partial charge in [0.25, 0.3) is 0 Å². The first-order chi connectivity index (χ1) is 4.86. The fourth-order valence-electron chi connectivity index (χ4n) is 0.765. The van der Waals surface area contributed by atoms with Crippen molar-refractivity contribution in [2.45, 2.75) is 0 Å². The molecule has 3 nitrogen and oxygen atoms in total. The number of aliphatic imine (C=N–C) groups is 3. The third-order valence-electron chi connectivity index (χ3n) is 1.21. The van der Waals surface area contributed by atoms with Crippen LogP contribution < -0.4 is 0 Å². The molecule has 0 aliphatic carbocycles. The average Bonchev–Trinajstić information content (AvgIpc) is 2.33. The molecule has 0 atom stereocenters. The van der Waals surface area contributed by atoms with Gasteiger partial charge in [-0.3, -0.25) is 0 Å². The summed E-state index contributed by atoms with van der Waals surface area (Å²) in [5, 5.41) is 0. The summed E-state index contributed by atoms with van der Waals surface area (Å²) in [4.78, 5) is 12.4. The lowest BCUT2D eigenvalue weighted by molar-refractivity contribution is 1.65. The fraction of sp³-hybridized carbons (Fsp3) is 0. The van der Waals surface area contributed by atoms with Gasteiger partial charge in [-0.25, -0.2) is 15.0 Å². The first kappa shape index (κ1) is 5.61. The van der Waals surface area contributed by atoms with Crippen LogP contribution in [0.5, 0.6) is 0 Å². The maximum absolute atomic E-state index is 4.83. The largest absolute Gasteiger partial charge is 0.233 e. The summed E-state index contributed by atoms with van der Waals surface area (Å²) in [6, 6.07) is 0. The third-order valence-corrected chi connectivity index (χ3v) is 1.43. The standard InChI is InChI=1S/C6H3N3S/c10-5-2-1-4-6(9-5)8-3-7-4/h1-3H. The molecule has 0 saturated heterocycles. The minimum absolute atomic E-state index is 0.563. The van der Waals surface area contributed by atoms with Crippen LogP contribution in [0, 0.1) is 0 Å². The van der Waals surface area contributed by atoms with Crippen molar-refractivity contribution in [3.05, 3.63) is 12.2 Å². The van der Waals surface area contributed by atoms with Crippen molar-refractivity contribution in [2.24, 2.45) is 15.0 Å². The topological polar surface area (TPSA) is 37.1 Å². The molecule has 48 valence electrons. The van der Waals surface area contributed by atoms with E-state index in [4.69, 9.17) is 12.2 Å². The Hall–Kier alpha value is -1.16. The highest BCUT2D eigenvalue weighted by atomic mass is 32.1. The lowest BCUT2D eigenvalue weighted by Gasteiger charge is -1.98. The molecular formula is C6H3N3S. The lowest BCUT2D eigenvalue weighted by Crippen LogP contribution is -2.11. The van der Waals surface area contributed by atoms with Crippen LogP contribution >= 0.6 is 12.2 Å².